The molecule has 1 N–H and O–H groups in total. The number of carbonyl (C=O) groups excluding carboxylic acids is 1. The summed E-state index contributed by atoms with van der Waals surface area (Å²) < 4.78 is 4.95. The molecule has 1 aliphatic rings. The lowest BCUT2D eigenvalue weighted by Crippen LogP contribution is -2.42. The molecule has 146 valence electrons. The molecule has 9 heteroatoms. The minimum Gasteiger partial charge on any atom is -0.384 e. The smallest absolute Gasteiger partial charge is 0.270 e. The molecule has 0 aliphatic carbocycles. The van der Waals surface area contributed by atoms with Gasteiger partial charge in [0, 0.05) is 43.8 Å². The van der Waals surface area contributed by atoms with Crippen molar-refractivity contribution in [3.05, 3.63) is 39.9 Å². The molecule has 0 saturated carbocycles. The van der Waals surface area contributed by atoms with Crippen LogP contribution in [0.25, 0.3) is 10.9 Å². The molecule has 0 spiro atoms. The van der Waals surface area contributed by atoms with Gasteiger partial charge in [-0.15, -0.1) is 0 Å². The maximum atomic E-state index is 12.1. The lowest BCUT2D eigenvalue weighted by atomic mass is 10.0. The Morgan fingerprint density at radius 3 is 2.82 bits per heavy atom. The van der Waals surface area contributed by atoms with Crippen LogP contribution < -0.4 is 5.32 Å². The number of piperidine rings is 1. The second kappa shape index (κ2) is 8.63. The number of hydrogen-bond donors (Lipinski definition) is 1. The van der Waals surface area contributed by atoms with E-state index in [1.807, 2.05) is 4.90 Å². The summed E-state index contributed by atoms with van der Waals surface area (Å²) in [5, 5.41) is 24.2. The van der Waals surface area contributed by atoms with Gasteiger partial charge in [0.05, 0.1) is 35.1 Å². The Hall–Kier alpha value is -3.25. The number of amides is 1. The molecule has 0 unspecified atom stereocenters. The Balaban J connectivity index is 1.70. The van der Waals surface area contributed by atoms with E-state index in [1.54, 1.807) is 19.2 Å². The standard InChI is InChI=1S/C19H21N5O4/c1-28-9-6-19(25)23-7-4-14(5-8-23)21-18-10-13(12-20)16-11-15(24(26)27)2-3-17(16)22-18/h2-3,10-11,14H,4-9H2,1H3,(H,21,22). The molecule has 1 aliphatic heterocycles. The number of aromatic nitrogens is 1. The van der Waals surface area contributed by atoms with E-state index in [-0.39, 0.29) is 17.6 Å². The molecule has 1 amide bonds. The average Bonchev–Trinajstić information content (AvgIpc) is 2.71. The Bertz CT molecular complexity index is 932. The van der Waals surface area contributed by atoms with Crippen LogP contribution in [0.3, 0.4) is 0 Å². The molecule has 0 atom stereocenters. The van der Waals surface area contributed by atoms with Crippen LogP contribution in [0.1, 0.15) is 24.8 Å². The average molecular weight is 383 g/mol. The number of ether oxygens (including phenoxy) is 1. The van der Waals surface area contributed by atoms with E-state index in [4.69, 9.17) is 4.74 Å². The summed E-state index contributed by atoms with van der Waals surface area (Å²) in [4.78, 5) is 28.9. The number of benzene rings is 1. The summed E-state index contributed by atoms with van der Waals surface area (Å²) in [5.74, 6) is 0.652. The summed E-state index contributed by atoms with van der Waals surface area (Å²) in [6.07, 6.45) is 1.94. The minimum atomic E-state index is -0.492. The van der Waals surface area contributed by atoms with Crippen LogP contribution in [0.2, 0.25) is 0 Å². The predicted molar refractivity (Wildman–Crippen MR) is 103 cm³/mol. The summed E-state index contributed by atoms with van der Waals surface area (Å²) in [6.45, 7) is 1.74. The van der Waals surface area contributed by atoms with Gasteiger partial charge >= 0.3 is 0 Å². The molecule has 1 aromatic heterocycles. The summed E-state index contributed by atoms with van der Waals surface area (Å²) in [6, 6.07) is 8.14. The van der Waals surface area contributed by atoms with E-state index >= 15 is 0 Å². The maximum absolute atomic E-state index is 12.1. The van der Waals surface area contributed by atoms with E-state index in [9.17, 15) is 20.2 Å². The van der Waals surface area contributed by atoms with Crippen molar-refractivity contribution in [2.75, 3.05) is 32.1 Å². The highest BCUT2D eigenvalue weighted by molar-refractivity contribution is 5.88. The minimum absolute atomic E-state index is 0.0722. The van der Waals surface area contributed by atoms with Crippen LogP contribution in [0.15, 0.2) is 24.3 Å². The second-order valence-electron chi connectivity index (χ2n) is 6.67. The normalized spacial score (nSPS) is 14.6. The molecular formula is C19H21N5O4. The van der Waals surface area contributed by atoms with Crippen molar-refractivity contribution in [3.63, 3.8) is 0 Å². The molecule has 9 nitrogen and oxygen atoms in total. The number of likely N-dealkylation sites (tertiary alicyclic amines) is 1. The van der Waals surface area contributed by atoms with Gasteiger partial charge in [0.1, 0.15) is 5.82 Å². The van der Waals surface area contributed by atoms with Crippen molar-refractivity contribution >= 4 is 28.3 Å². The van der Waals surface area contributed by atoms with Crippen molar-refractivity contribution in [1.29, 1.82) is 5.26 Å². The third-order valence-electron chi connectivity index (χ3n) is 4.84. The molecule has 0 bridgehead atoms. The number of anilines is 1. The number of rotatable bonds is 6. The molecule has 1 aromatic carbocycles. The number of nitro groups is 1. The summed E-state index contributed by atoms with van der Waals surface area (Å²) >= 11 is 0. The second-order valence-corrected chi connectivity index (χ2v) is 6.67. The first-order valence-electron chi connectivity index (χ1n) is 9.04. The molecule has 2 aromatic rings. The van der Waals surface area contributed by atoms with E-state index in [2.05, 4.69) is 16.4 Å². The Morgan fingerprint density at radius 2 is 2.18 bits per heavy atom. The van der Waals surface area contributed by atoms with Crippen molar-refractivity contribution in [1.82, 2.24) is 9.88 Å². The topological polar surface area (TPSA) is 121 Å². The van der Waals surface area contributed by atoms with Crippen LogP contribution in [-0.4, -0.2) is 53.6 Å². The SMILES string of the molecule is COCCC(=O)N1CCC(Nc2cc(C#N)c3cc([N+](=O)[O-])ccc3n2)CC1. The highest BCUT2D eigenvalue weighted by atomic mass is 16.6. The van der Waals surface area contributed by atoms with Crippen molar-refractivity contribution in [2.24, 2.45) is 0 Å². The van der Waals surface area contributed by atoms with Crippen LogP contribution >= 0.6 is 0 Å². The number of nitrogens with zero attached hydrogens (tertiary/aromatic N) is 4. The van der Waals surface area contributed by atoms with E-state index in [0.29, 0.717) is 48.4 Å². The molecular weight excluding hydrogens is 362 g/mol. The van der Waals surface area contributed by atoms with Gasteiger partial charge in [-0.05, 0) is 25.0 Å². The van der Waals surface area contributed by atoms with Gasteiger partial charge < -0.3 is 15.0 Å². The van der Waals surface area contributed by atoms with Gasteiger partial charge in [-0.2, -0.15) is 5.26 Å². The number of nitro benzene ring substituents is 1. The third-order valence-corrected chi connectivity index (χ3v) is 4.84. The number of carbonyl (C=O) groups is 1. The van der Waals surface area contributed by atoms with E-state index in [1.165, 1.54) is 12.1 Å². The Kier molecular flexibility index (Phi) is 6.01. The Morgan fingerprint density at radius 1 is 1.43 bits per heavy atom. The van der Waals surface area contributed by atoms with Crippen LogP contribution in [0.4, 0.5) is 11.5 Å². The molecule has 1 saturated heterocycles. The first-order valence-corrected chi connectivity index (χ1v) is 9.04. The van der Waals surface area contributed by atoms with Crippen molar-refractivity contribution < 1.29 is 14.5 Å². The number of non-ortho nitro benzene ring substituents is 1. The van der Waals surface area contributed by atoms with Gasteiger partial charge in [0.15, 0.2) is 0 Å². The number of nitriles is 1. The lowest BCUT2D eigenvalue weighted by Gasteiger charge is -2.32. The molecule has 28 heavy (non-hydrogen) atoms. The highest BCUT2D eigenvalue weighted by Gasteiger charge is 2.23. The van der Waals surface area contributed by atoms with Crippen LogP contribution in [0, 0.1) is 21.4 Å². The van der Waals surface area contributed by atoms with Gasteiger partial charge in [0.25, 0.3) is 5.69 Å². The van der Waals surface area contributed by atoms with Gasteiger partial charge in [-0.3, -0.25) is 14.9 Å². The van der Waals surface area contributed by atoms with Crippen LogP contribution in [0.5, 0.6) is 0 Å². The first kappa shape index (κ1) is 19.5. The number of pyridine rings is 1. The zero-order valence-corrected chi connectivity index (χ0v) is 15.6. The van der Waals surface area contributed by atoms with Crippen molar-refractivity contribution in [2.45, 2.75) is 25.3 Å². The maximum Gasteiger partial charge on any atom is 0.270 e. The molecule has 2 heterocycles. The van der Waals surface area contributed by atoms with Crippen LogP contribution in [-0.2, 0) is 9.53 Å². The largest absolute Gasteiger partial charge is 0.384 e. The monoisotopic (exact) mass is 383 g/mol. The zero-order valence-electron chi connectivity index (χ0n) is 15.6. The van der Waals surface area contributed by atoms with Gasteiger partial charge in [-0.1, -0.05) is 0 Å². The van der Waals surface area contributed by atoms with Crippen molar-refractivity contribution in [3.8, 4) is 6.07 Å². The Labute approximate surface area is 162 Å². The molecule has 3 rings (SSSR count). The van der Waals surface area contributed by atoms with Gasteiger partial charge in [0.2, 0.25) is 5.91 Å². The van der Waals surface area contributed by atoms with E-state index in [0.717, 1.165) is 12.8 Å². The fourth-order valence-corrected chi connectivity index (χ4v) is 3.32. The zero-order chi connectivity index (χ0) is 20.1. The number of fused-ring (bicyclic) bond motifs is 1. The third kappa shape index (κ3) is 4.35. The highest BCUT2D eigenvalue weighted by Crippen LogP contribution is 2.26. The number of hydrogen-bond acceptors (Lipinski definition) is 7. The predicted octanol–water partition coefficient (Wildman–Crippen LogP) is 2.45. The lowest BCUT2D eigenvalue weighted by molar-refractivity contribution is -0.384. The summed E-state index contributed by atoms with van der Waals surface area (Å²) in [5.41, 5.74) is 0.791. The van der Waals surface area contributed by atoms with E-state index < -0.39 is 4.92 Å². The quantitative estimate of drug-likeness (QED) is 0.600. The fourth-order valence-electron chi connectivity index (χ4n) is 3.32. The number of nitrogens with one attached hydrogen (secondary N) is 1. The fraction of sp³-hybridized carbons (Fsp3) is 0.421. The molecule has 1 fully saturated rings. The molecule has 0 radical (unpaired) electrons. The van der Waals surface area contributed by atoms with Gasteiger partial charge in [-0.25, -0.2) is 4.98 Å². The summed E-state index contributed by atoms with van der Waals surface area (Å²) in [7, 11) is 1.58. The first-order chi connectivity index (χ1) is 13.5. The number of methoxy groups -OCH3 is 1.